The standard InChI is InChI=1S/C38H48N2O5/c1-26(2)36(40-21-12-11-20-34(40)42)38(44)39-32(23-30-18-9-6-10-19-30)25-33(41)31(22-29-16-7-5-8-17-29)24-35(43)45-37-27(3)14-13-15-28(37)4/h5-10,13-19,26,31-33,36,41H,11-12,20-25H2,1-4H3,(H,39,44)/t31?,32-,33-,36-/m0/s1. The van der Waals surface area contributed by atoms with E-state index in [1.54, 1.807) is 4.90 Å². The number of hydrogen-bond donors (Lipinski definition) is 2. The van der Waals surface area contributed by atoms with Crippen LogP contribution in [0.3, 0.4) is 0 Å². The number of amides is 2. The molecule has 1 saturated heterocycles. The van der Waals surface area contributed by atoms with E-state index in [0.29, 0.717) is 31.6 Å². The van der Waals surface area contributed by atoms with Gasteiger partial charge in [-0.15, -0.1) is 0 Å². The summed E-state index contributed by atoms with van der Waals surface area (Å²) in [5.74, 6) is -0.553. The molecule has 240 valence electrons. The largest absolute Gasteiger partial charge is 0.426 e. The van der Waals surface area contributed by atoms with Crippen molar-refractivity contribution in [1.82, 2.24) is 10.2 Å². The van der Waals surface area contributed by atoms with Gasteiger partial charge in [-0.1, -0.05) is 92.7 Å². The Morgan fingerprint density at radius 2 is 1.47 bits per heavy atom. The Bertz CT molecular complexity index is 1390. The summed E-state index contributed by atoms with van der Waals surface area (Å²) in [6.45, 7) is 8.31. The molecule has 2 N–H and O–H groups in total. The van der Waals surface area contributed by atoms with Gasteiger partial charge in [-0.2, -0.15) is 0 Å². The van der Waals surface area contributed by atoms with E-state index in [0.717, 1.165) is 35.1 Å². The highest BCUT2D eigenvalue weighted by Gasteiger charge is 2.35. The van der Waals surface area contributed by atoms with Gasteiger partial charge in [0.15, 0.2) is 0 Å². The number of aryl methyl sites for hydroxylation is 2. The molecule has 0 bridgehead atoms. The van der Waals surface area contributed by atoms with Crippen LogP contribution in [-0.4, -0.2) is 52.5 Å². The summed E-state index contributed by atoms with van der Waals surface area (Å²) < 4.78 is 5.84. The number of carbonyl (C=O) groups excluding carboxylic acids is 3. The second-order valence-electron chi connectivity index (χ2n) is 12.8. The van der Waals surface area contributed by atoms with E-state index in [-0.39, 0.29) is 30.6 Å². The fraction of sp³-hybridized carbons (Fsp3) is 0.447. The fourth-order valence-corrected chi connectivity index (χ4v) is 6.38. The molecule has 0 aliphatic carbocycles. The Hall–Kier alpha value is -3.97. The van der Waals surface area contributed by atoms with Gasteiger partial charge >= 0.3 is 5.97 Å². The molecule has 45 heavy (non-hydrogen) atoms. The maximum atomic E-state index is 13.9. The average Bonchev–Trinajstić information content (AvgIpc) is 3.00. The number of esters is 1. The topological polar surface area (TPSA) is 95.9 Å². The van der Waals surface area contributed by atoms with Crippen molar-refractivity contribution in [2.24, 2.45) is 11.8 Å². The van der Waals surface area contributed by atoms with Gasteiger partial charge in [-0.25, -0.2) is 0 Å². The molecule has 1 aliphatic rings. The molecule has 0 radical (unpaired) electrons. The first-order valence-electron chi connectivity index (χ1n) is 16.2. The van der Waals surface area contributed by atoms with E-state index >= 15 is 0 Å². The number of ether oxygens (including phenoxy) is 1. The molecule has 7 heteroatoms. The van der Waals surface area contributed by atoms with Crippen LogP contribution in [0.2, 0.25) is 0 Å². The van der Waals surface area contributed by atoms with Gasteiger partial charge in [-0.3, -0.25) is 14.4 Å². The van der Waals surface area contributed by atoms with Crippen molar-refractivity contribution in [1.29, 1.82) is 0 Å². The highest BCUT2D eigenvalue weighted by molar-refractivity contribution is 5.88. The van der Waals surface area contributed by atoms with Crippen LogP contribution in [0, 0.1) is 25.7 Å². The third-order valence-corrected chi connectivity index (χ3v) is 8.73. The Balaban J connectivity index is 1.55. The van der Waals surface area contributed by atoms with Crippen LogP contribution in [0.15, 0.2) is 78.9 Å². The van der Waals surface area contributed by atoms with Gasteiger partial charge in [0.25, 0.3) is 0 Å². The fourth-order valence-electron chi connectivity index (χ4n) is 6.38. The van der Waals surface area contributed by atoms with Crippen molar-refractivity contribution in [3.63, 3.8) is 0 Å². The lowest BCUT2D eigenvalue weighted by Gasteiger charge is -2.37. The van der Waals surface area contributed by atoms with Crippen molar-refractivity contribution < 1.29 is 24.2 Å². The summed E-state index contributed by atoms with van der Waals surface area (Å²) >= 11 is 0. The normalized spacial score (nSPS) is 16.1. The number of aliphatic hydroxyl groups is 1. The summed E-state index contributed by atoms with van der Waals surface area (Å²) in [4.78, 5) is 41.7. The van der Waals surface area contributed by atoms with Crippen LogP contribution in [0.1, 0.15) is 68.2 Å². The molecule has 3 aromatic rings. The molecule has 0 spiro atoms. The van der Waals surface area contributed by atoms with Gasteiger partial charge in [0.05, 0.1) is 12.5 Å². The second-order valence-corrected chi connectivity index (χ2v) is 12.8. The zero-order chi connectivity index (χ0) is 32.3. The minimum atomic E-state index is -0.904. The third kappa shape index (κ3) is 9.76. The van der Waals surface area contributed by atoms with E-state index < -0.39 is 30.1 Å². The summed E-state index contributed by atoms with van der Waals surface area (Å²) in [5.41, 5.74) is 3.79. The molecule has 0 saturated carbocycles. The van der Waals surface area contributed by atoms with Crippen molar-refractivity contribution >= 4 is 17.8 Å². The zero-order valence-corrected chi connectivity index (χ0v) is 27.1. The summed E-state index contributed by atoms with van der Waals surface area (Å²) in [6, 6.07) is 24.4. The zero-order valence-electron chi connectivity index (χ0n) is 27.1. The summed E-state index contributed by atoms with van der Waals surface area (Å²) in [7, 11) is 0. The number of carbonyl (C=O) groups is 3. The Labute approximate surface area is 268 Å². The number of benzene rings is 3. The molecule has 4 rings (SSSR count). The summed E-state index contributed by atoms with van der Waals surface area (Å²) in [6.07, 6.45) is 2.54. The van der Waals surface area contributed by atoms with E-state index in [9.17, 15) is 19.5 Å². The first-order valence-corrected chi connectivity index (χ1v) is 16.2. The molecule has 1 aliphatic heterocycles. The number of aliphatic hydroxyl groups excluding tert-OH is 1. The van der Waals surface area contributed by atoms with Gasteiger partial charge in [0, 0.05) is 19.0 Å². The second kappa shape index (κ2) is 16.4. The predicted octanol–water partition coefficient (Wildman–Crippen LogP) is 5.97. The first kappa shape index (κ1) is 33.9. The Morgan fingerprint density at radius 1 is 0.867 bits per heavy atom. The highest BCUT2D eigenvalue weighted by Crippen LogP contribution is 2.27. The number of nitrogens with one attached hydrogen (secondary N) is 1. The van der Waals surface area contributed by atoms with Crippen LogP contribution in [-0.2, 0) is 27.2 Å². The lowest BCUT2D eigenvalue weighted by molar-refractivity contribution is -0.144. The van der Waals surface area contributed by atoms with E-state index in [1.165, 1.54) is 0 Å². The molecule has 1 heterocycles. The maximum absolute atomic E-state index is 13.9. The number of piperidine rings is 1. The molecule has 7 nitrogen and oxygen atoms in total. The minimum absolute atomic E-state index is 0.0140. The van der Waals surface area contributed by atoms with Crippen LogP contribution >= 0.6 is 0 Å². The Morgan fingerprint density at radius 3 is 2.04 bits per heavy atom. The van der Waals surface area contributed by atoms with Crippen LogP contribution in [0.25, 0.3) is 0 Å². The number of nitrogens with zero attached hydrogens (tertiary/aromatic N) is 1. The smallest absolute Gasteiger partial charge is 0.311 e. The quantitative estimate of drug-likeness (QED) is 0.173. The average molecular weight is 613 g/mol. The van der Waals surface area contributed by atoms with Crippen LogP contribution < -0.4 is 10.1 Å². The molecule has 4 atom stereocenters. The number of rotatable bonds is 14. The monoisotopic (exact) mass is 612 g/mol. The van der Waals surface area contributed by atoms with Gasteiger partial charge in [-0.05, 0) is 80.0 Å². The SMILES string of the molecule is Cc1cccc(C)c1OC(=O)CC(Cc1ccccc1)[C@@H](O)C[C@H](Cc1ccccc1)NC(=O)[C@H](C(C)C)N1CCCCC1=O. The predicted molar refractivity (Wildman–Crippen MR) is 177 cm³/mol. The van der Waals surface area contributed by atoms with Crippen LogP contribution in [0.4, 0.5) is 0 Å². The third-order valence-electron chi connectivity index (χ3n) is 8.73. The molecule has 1 unspecified atom stereocenters. The lowest BCUT2D eigenvalue weighted by Crippen LogP contribution is -2.56. The lowest BCUT2D eigenvalue weighted by atomic mass is 9.86. The Kier molecular flexibility index (Phi) is 12.3. The molecule has 1 fully saturated rings. The molecular weight excluding hydrogens is 564 g/mol. The summed E-state index contributed by atoms with van der Waals surface area (Å²) in [5, 5.41) is 15.0. The van der Waals surface area contributed by atoms with Gasteiger partial charge < -0.3 is 20.1 Å². The van der Waals surface area contributed by atoms with E-state index in [4.69, 9.17) is 4.74 Å². The first-order chi connectivity index (χ1) is 21.6. The number of hydrogen-bond acceptors (Lipinski definition) is 5. The number of likely N-dealkylation sites (tertiary alicyclic amines) is 1. The maximum Gasteiger partial charge on any atom is 0.311 e. The molecular formula is C38H48N2O5. The van der Waals surface area contributed by atoms with Crippen LogP contribution in [0.5, 0.6) is 5.75 Å². The van der Waals surface area contributed by atoms with Crippen molar-refractivity contribution in [2.45, 2.75) is 90.8 Å². The van der Waals surface area contributed by atoms with Crippen molar-refractivity contribution in [3.05, 3.63) is 101 Å². The van der Waals surface area contributed by atoms with E-state index in [1.807, 2.05) is 107 Å². The van der Waals surface area contributed by atoms with Gasteiger partial charge in [0.1, 0.15) is 11.8 Å². The van der Waals surface area contributed by atoms with E-state index in [2.05, 4.69) is 5.32 Å². The van der Waals surface area contributed by atoms with Crippen molar-refractivity contribution in [3.8, 4) is 5.75 Å². The van der Waals surface area contributed by atoms with Gasteiger partial charge in [0.2, 0.25) is 11.8 Å². The minimum Gasteiger partial charge on any atom is -0.426 e. The number of para-hydroxylation sites is 1. The highest BCUT2D eigenvalue weighted by atomic mass is 16.5. The molecule has 3 aromatic carbocycles. The molecule has 2 amide bonds. The molecule has 0 aromatic heterocycles. The van der Waals surface area contributed by atoms with Crippen molar-refractivity contribution in [2.75, 3.05) is 6.54 Å².